The molecule has 0 saturated carbocycles. The van der Waals surface area contributed by atoms with E-state index in [2.05, 4.69) is 23.3 Å². The second-order valence-corrected chi connectivity index (χ2v) is 6.24. The van der Waals surface area contributed by atoms with Gasteiger partial charge in [-0.25, -0.2) is 0 Å². The first-order valence-electron chi connectivity index (χ1n) is 7.65. The van der Waals surface area contributed by atoms with Gasteiger partial charge in [-0.05, 0) is 29.4 Å². The predicted octanol–water partition coefficient (Wildman–Crippen LogP) is 2.30. The molecule has 1 aliphatic heterocycles. The number of benzene rings is 1. The van der Waals surface area contributed by atoms with Crippen LogP contribution in [0.25, 0.3) is 5.57 Å². The molecule has 1 N–H and O–H groups in total. The van der Waals surface area contributed by atoms with Crippen molar-refractivity contribution in [3.63, 3.8) is 0 Å². The van der Waals surface area contributed by atoms with E-state index < -0.39 is 12.0 Å². The molecule has 2 aromatic rings. The Bertz CT molecular complexity index is 805. The number of nitrogens with one attached hydrogen (secondary N) is 1. The van der Waals surface area contributed by atoms with Gasteiger partial charge in [0, 0.05) is 13.5 Å². The summed E-state index contributed by atoms with van der Waals surface area (Å²) < 4.78 is 41.0. The van der Waals surface area contributed by atoms with E-state index in [1.165, 1.54) is 22.9 Å². The van der Waals surface area contributed by atoms with Crippen molar-refractivity contribution in [1.29, 1.82) is 0 Å². The van der Waals surface area contributed by atoms with Crippen LogP contribution in [0.5, 0.6) is 0 Å². The van der Waals surface area contributed by atoms with Crippen LogP contribution in [0.15, 0.2) is 36.4 Å². The zero-order valence-corrected chi connectivity index (χ0v) is 14.0. The van der Waals surface area contributed by atoms with Crippen LogP contribution in [-0.4, -0.2) is 27.4 Å². The Morgan fingerprint density at radius 3 is 2.50 bits per heavy atom. The van der Waals surface area contributed by atoms with E-state index in [1.807, 2.05) is 18.2 Å². The van der Waals surface area contributed by atoms with E-state index in [0.717, 1.165) is 29.0 Å². The van der Waals surface area contributed by atoms with E-state index in [0.29, 0.717) is 6.67 Å². The normalized spacial score (nSPS) is 18.5. The lowest BCUT2D eigenvalue weighted by molar-refractivity contribution is -0.918. The Kier molecular flexibility index (Phi) is 4.60. The number of rotatable bonds is 3. The molecule has 1 unspecified atom stereocenters. The number of hydrogen-bond acceptors (Lipinski definition) is 2. The molecule has 1 aliphatic rings. The van der Waals surface area contributed by atoms with Gasteiger partial charge in [-0.15, -0.1) is 5.10 Å². The van der Waals surface area contributed by atoms with Gasteiger partial charge in [0.25, 0.3) is 0 Å². The molecule has 0 fully saturated rings. The first-order valence-corrected chi connectivity index (χ1v) is 8.06. The van der Waals surface area contributed by atoms with Gasteiger partial charge in [0.2, 0.25) is 10.6 Å². The minimum absolute atomic E-state index is 0.0904. The molecular formula is C16H18F3N4S+. The van der Waals surface area contributed by atoms with Gasteiger partial charge in [-0.2, -0.15) is 17.9 Å². The van der Waals surface area contributed by atoms with Gasteiger partial charge in [-0.3, -0.25) is 4.57 Å². The van der Waals surface area contributed by atoms with Gasteiger partial charge in [0.05, 0.1) is 13.1 Å². The van der Waals surface area contributed by atoms with E-state index in [1.54, 1.807) is 0 Å². The minimum atomic E-state index is -4.49. The van der Waals surface area contributed by atoms with Crippen molar-refractivity contribution in [3.05, 3.63) is 52.6 Å². The van der Waals surface area contributed by atoms with Crippen molar-refractivity contribution in [2.45, 2.75) is 19.3 Å². The summed E-state index contributed by atoms with van der Waals surface area (Å²) in [6.07, 6.45) is -1.47. The second kappa shape index (κ2) is 6.52. The third-order valence-electron chi connectivity index (χ3n) is 4.20. The first kappa shape index (κ1) is 16.9. The number of aromatic nitrogens is 3. The fourth-order valence-corrected chi connectivity index (χ4v) is 3.08. The maximum absolute atomic E-state index is 12.9. The Morgan fingerprint density at radius 2 is 1.96 bits per heavy atom. The quantitative estimate of drug-likeness (QED) is 0.856. The third kappa shape index (κ3) is 3.44. The van der Waals surface area contributed by atoms with E-state index in [9.17, 15) is 13.2 Å². The minimum Gasteiger partial charge on any atom is -0.313 e. The Balaban J connectivity index is 1.73. The molecular weight excluding hydrogens is 337 g/mol. The number of alkyl halides is 3. The predicted molar refractivity (Wildman–Crippen MR) is 86.8 cm³/mol. The summed E-state index contributed by atoms with van der Waals surface area (Å²) in [5.74, 6) is -0.954. The average molecular weight is 355 g/mol. The smallest absolute Gasteiger partial charge is 0.313 e. The van der Waals surface area contributed by atoms with Crippen molar-refractivity contribution in [2.24, 2.45) is 7.05 Å². The third-order valence-corrected chi connectivity index (χ3v) is 4.68. The first-order chi connectivity index (χ1) is 11.4. The lowest BCUT2D eigenvalue weighted by Gasteiger charge is -2.23. The monoisotopic (exact) mass is 355 g/mol. The van der Waals surface area contributed by atoms with Crippen LogP contribution in [0.4, 0.5) is 13.2 Å². The van der Waals surface area contributed by atoms with Crippen LogP contribution >= 0.6 is 12.2 Å². The SMILES string of the molecule is Cn1c(C(F)(F)F)nn(C[NH+]2CC=C(c3ccccc3)CC2)c1=S. The van der Waals surface area contributed by atoms with Crippen molar-refractivity contribution in [1.82, 2.24) is 14.3 Å². The molecule has 0 spiro atoms. The number of nitrogens with zero attached hydrogens (tertiary/aromatic N) is 3. The van der Waals surface area contributed by atoms with Gasteiger partial charge in [0.1, 0.15) is 0 Å². The highest BCUT2D eigenvalue weighted by Crippen LogP contribution is 2.27. The molecule has 0 bridgehead atoms. The summed E-state index contributed by atoms with van der Waals surface area (Å²) in [7, 11) is 1.30. The highest BCUT2D eigenvalue weighted by molar-refractivity contribution is 7.71. The summed E-state index contributed by atoms with van der Waals surface area (Å²) in [6, 6.07) is 10.1. The van der Waals surface area contributed by atoms with Gasteiger partial charge in [0.15, 0.2) is 6.67 Å². The van der Waals surface area contributed by atoms with Gasteiger partial charge in [-0.1, -0.05) is 30.3 Å². The number of hydrogen-bond donors (Lipinski definition) is 1. The number of quaternary nitrogens is 1. The fraction of sp³-hybridized carbons (Fsp3) is 0.375. The van der Waals surface area contributed by atoms with Crippen LogP contribution < -0.4 is 4.90 Å². The maximum Gasteiger partial charge on any atom is 0.451 e. The van der Waals surface area contributed by atoms with Gasteiger partial charge < -0.3 is 4.90 Å². The van der Waals surface area contributed by atoms with E-state index in [-0.39, 0.29) is 4.77 Å². The molecule has 1 aromatic carbocycles. The number of halogens is 3. The van der Waals surface area contributed by atoms with Gasteiger partial charge >= 0.3 is 6.18 Å². The Morgan fingerprint density at radius 1 is 1.25 bits per heavy atom. The van der Waals surface area contributed by atoms with Crippen LogP contribution in [0, 0.1) is 4.77 Å². The topological polar surface area (TPSA) is 27.2 Å². The molecule has 1 atom stereocenters. The van der Waals surface area contributed by atoms with E-state index in [4.69, 9.17) is 12.2 Å². The summed E-state index contributed by atoms with van der Waals surface area (Å²) in [5, 5.41) is 3.66. The standard InChI is InChI=1S/C16H17F3N4S/c1-21-14(16(17,18)19)20-23(15(21)24)11-22-9-7-13(8-10-22)12-5-3-2-4-6-12/h2-7H,8-11H2,1H3/p+1. The van der Waals surface area contributed by atoms with Crippen molar-refractivity contribution in [3.8, 4) is 0 Å². The summed E-state index contributed by atoms with van der Waals surface area (Å²) in [5.41, 5.74) is 2.48. The molecule has 0 aliphatic carbocycles. The molecule has 2 heterocycles. The highest BCUT2D eigenvalue weighted by atomic mass is 32.1. The lowest BCUT2D eigenvalue weighted by Crippen LogP contribution is -3.11. The van der Waals surface area contributed by atoms with Crippen molar-refractivity contribution >= 4 is 17.8 Å². The van der Waals surface area contributed by atoms with Crippen LogP contribution in [0.1, 0.15) is 17.8 Å². The zero-order chi connectivity index (χ0) is 17.3. The largest absolute Gasteiger partial charge is 0.451 e. The summed E-state index contributed by atoms with van der Waals surface area (Å²) >= 11 is 5.09. The molecule has 128 valence electrons. The van der Waals surface area contributed by atoms with Crippen LogP contribution in [-0.2, 0) is 19.9 Å². The summed E-state index contributed by atoms with van der Waals surface area (Å²) in [4.78, 5) is 1.14. The molecule has 0 amide bonds. The second-order valence-electron chi connectivity index (χ2n) is 5.87. The molecule has 24 heavy (non-hydrogen) atoms. The zero-order valence-electron chi connectivity index (χ0n) is 13.2. The van der Waals surface area contributed by atoms with Crippen molar-refractivity contribution in [2.75, 3.05) is 13.1 Å². The summed E-state index contributed by atoms with van der Waals surface area (Å²) in [6.45, 7) is 1.91. The molecule has 0 saturated heterocycles. The molecule has 4 nitrogen and oxygen atoms in total. The van der Waals surface area contributed by atoms with Crippen molar-refractivity contribution < 1.29 is 18.1 Å². The highest BCUT2D eigenvalue weighted by Gasteiger charge is 2.37. The molecule has 8 heteroatoms. The van der Waals surface area contributed by atoms with E-state index >= 15 is 0 Å². The average Bonchev–Trinajstić information content (AvgIpc) is 2.85. The molecule has 1 aromatic heterocycles. The fourth-order valence-electron chi connectivity index (χ4n) is 2.89. The Labute approximate surface area is 142 Å². The Hall–Kier alpha value is -1.93. The van der Waals surface area contributed by atoms with Crippen LogP contribution in [0.3, 0.4) is 0 Å². The maximum atomic E-state index is 12.9. The molecule has 3 rings (SSSR count). The lowest BCUT2D eigenvalue weighted by atomic mass is 10.00. The molecule has 0 radical (unpaired) electrons. The van der Waals surface area contributed by atoms with Crippen LogP contribution in [0.2, 0.25) is 0 Å².